The lowest BCUT2D eigenvalue weighted by molar-refractivity contribution is -0.139. The Bertz CT molecular complexity index is 794. The molecule has 0 spiro atoms. The van der Waals surface area contributed by atoms with Gasteiger partial charge in [-0.2, -0.15) is 0 Å². The van der Waals surface area contributed by atoms with Gasteiger partial charge in [-0.3, -0.25) is 9.59 Å². The molecule has 0 saturated carbocycles. The van der Waals surface area contributed by atoms with E-state index in [9.17, 15) is 14.0 Å². The van der Waals surface area contributed by atoms with Gasteiger partial charge in [0, 0.05) is 32.6 Å². The molecule has 1 aliphatic heterocycles. The standard InChI is InChI=1S/C23H27FN2O2/c1-2-18-3-5-19(6-4-18)9-12-22(27)25-13-15-26(16-14-25)23(28)17-20-7-10-21(24)11-8-20/h3-8,10-11H,2,9,12-17H2,1H3. The molecule has 0 radical (unpaired) electrons. The predicted molar refractivity (Wildman–Crippen MR) is 107 cm³/mol. The number of nitrogens with zero attached hydrogens (tertiary/aromatic N) is 2. The smallest absolute Gasteiger partial charge is 0.227 e. The van der Waals surface area contributed by atoms with Crippen LogP contribution in [-0.4, -0.2) is 47.8 Å². The fourth-order valence-electron chi connectivity index (χ4n) is 3.44. The first kappa shape index (κ1) is 20.1. The molecule has 1 fully saturated rings. The largest absolute Gasteiger partial charge is 0.339 e. The normalized spacial score (nSPS) is 14.2. The van der Waals surface area contributed by atoms with Crippen LogP contribution in [-0.2, 0) is 28.9 Å². The summed E-state index contributed by atoms with van der Waals surface area (Å²) in [4.78, 5) is 28.5. The summed E-state index contributed by atoms with van der Waals surface area (Å²) < 4.78 is 13.0. The highest BCUT2D eigenvalue weighted by Crippen LogP contribution is 2.12. The molecule has 2 aromatic rings. The van der Waals surface area contributed by atoms with Crippen molar-refractivity contribution in [1.29, 1.82) is 0 Å². The van der Waals surface area contributed by atoms with Crippen LogP contribution in [0.2, 0.25) is 0 Å². The van der Waals surface area contributed by atoms with Crippen molar-refractivity contribution >= 4 is 11.8 Å². The molecule has 0 bridgehead atoms. The van der Waals surface area contributed by atoms with E-state index in [-0.39, 0.29) is 24.1 Å². The van der Waals surface area contributed by atoms with Crippen LogP contribution in [0.3, 0.4) is 0 Å². The molecule has 1 heterocycles. The summed E-state index contributed by atoms with van der Waals surface area (Å²) in [5.74, 6) is -0.135. The number of carbonyl (C=O) groups is 2. The molecule has 3 rings (SSSR count). The molecular formula is C23H27FN2O2. The summed E-state index contributed by atoms with van der Waals surface area (Å²) >= 11 is 0. The van der Waals surface area contributed by atoms with E-state index in [2.05, 4.69) is 31.2 Å². The monoisotopic (exact) mass is 382 g/mol. The lowest BCUT2D eigenvalue weighted by Gasteiger charge is -2.35. The van der Waals surface area contributed by atoms with Gasteiger partial charge in [0.2, 0.25) is 11.8 Å². The molecule has 28 heavy (non-hydrogen) atoms. The van der Waals surface area contributed by atoms with Crippen molar-refractivity contribution in [1.82, 2.24) is 9.80 Å². The third-order valence-corrected chi connectivity index (χ3v) is 5.31. The maximum absolute atomic E-state index is 13.0. The summed E-state index contributed by atoms with van der Waals surface area (Å²) in [6.07, 6.45) is 2.52. The van der Waals surface area contributed by atoms with Gasteiger partial charge >= 0.3 is 0 Å². The Balaban J connectivity index is 1.42. The minimum absolute atomic E-state index is 0.0229. The van der Waals surface area contributed by atoms with E-state index >= 15 is 0 Å². The van der Waals surface area contributed by atoms with Crippen LogP contribution >= 0.6 is 0 Å². The second-order valence-corrected chi connectivity index (χ2v) is 7.23. The van der Waals surface area contributed by atoms with Crippen LogP contribution < -0.4 is 0 Å². The van der Waals surface area contributed by atoms with Crippen LogP contribution in [0, 0.1) is 5.82 Å². The lowest BCUT2D eigenvalue weighted by Crippen LogP contribution is -2.51. The highest BCUT2D eigenvalue weighted by Gasteiger charge is 2.23. The van der Waals surface area contributed by atoms with E-state index in [4.69, 9.17) is 0 Å². The molecule has 0 aliphatic carbocycles. The molecule has 5 heteroatoms. The Hall–Kier alpha value is -2.69. The van der Waals surface area contributed by atoms with Gasteiger partial charge in [-0.05, 0) is 41.7 Å². The van der Waals surface area contributed by atoms with Gasteiger partial charge in [-0.25, -0.2) is 4.39 Å². The number of hydrogen-bond donors (Lipinski definition) is 0. The molecule has 2 aromatic carbocycles. The molecule has 0 N–H and O–H groups in total. The summed E-state index contributed by atoms with van der Waals surface area (Å²) in [5, 5.41) is 0. The van der Waals surface area contributed by atoms with Gasteiger partial charge in [-0.15, -0.1) is 0 Å². The van der Waals surface area contributed by atoms with Crippen LogP contribution in [0.4, 0.5) is 4.39 Å². The van der Waals surface area contributed by atoms with Crippen molar-refractivity contribution in [3.63, 3.8) is 0 Å². The second-order valence-electron chi connectivity index (χ2n) is 7.23. The maximum Gasteiger partial charge on any atom is 0.227 e. The van der Waals surface area contributed by atoms with Crippen LogP contribution in [0.15, 0.2) is 48.5 Å². The van der Waals surface area contributed by atoms with Crippen molar-refractivity contribution in [3.8, 4) is 0 Å². The molecule has 148 valence electrons. The van der Waals surface area contributed by atoms with Crippen LogP contribution in [0.25, 0.3) is 0 Å². The van der Waals surface area contributed by atoms with Gasteiger partial charge in [0.05, 0.1) is 6.42 Å². The fourth-order valence-corrected chi connectivity index (χ4v) is 3.44. The molecule has 0 unspecified atom stereocenters. The first-order chi connectivity index (χ1) is 13.5. The molecule has 0 aromatic heterocycles. The van der Waals surface area contributed by atoms with Crippen molar-refractivity contribution in [2.24, 2.45) is 0 Å². The Morgan fingerprint density at radius 1 is 0.786 bits per heavy atom. The highest BCUT2D eigenvalue weighted by atomic mass is 19.1. The quantitative estimate of drug-likeness (QED) is 0.770. The number of rotatable bonds is 6. The summed E-state index contributed by atoms with van der Waals surface area (Å²) in [7, 11) is 0. The topological polar surface area (TPSA) is 40.6 Å². The van der Waals surface area contributed by atoms with Crippen LogP contribution in [0.5, 0.6) is 0 Å². The fraction of sp³-hybridized carbons (Fsp3) is 0.391. The predicted octanol–water partition coefficient (Wildman–Crippen LogP) is 3.23. The number of carbonyl (C=O) groups excluding carboxylic acids is 2. The van der Waals surface area contributed by atoms with Gasteiger partial charge < -0.3 is 9.80 Å². The minimum atomic E-state index is -0.301. The van der Waals surface area contributed by atoms with Gasteiger partial charge in [0.15, 0.2) is 0 Å². The molecule has 1 saturated heterocycles. The first-order valence-electron chi connectivity index (χ1n) is 9.93. The van der Waals surface area contributed by atoms with E-state index in [0.29, 0.717) is 32.6 Å². The third-order valence-electron chi connectivity index (χ3n) is 5.31. The molecule has 0 atom stereocenters. The minimum Gasteiger partial charge on any atom is -0.339 e. The van der Waals surface area contributed by atoms with E-state index in [1.165, 1.54) is 23.3 Å². The molecule has 1 aliphatic rings. The summed E-state index contributed by atoms with van der Waals surface area (Å²) in [6, 6.07) is 14.4. The summed E-state index contributed by atoms with van der Waals surface area (Å²) in [6.45, 7) is 4.38. The number of benzene rings is 2. The second kappa shape index (κ2) is 9.49. The number of piperazine rings is 1. The van der Waals surface area contributed by atoms with Gasteiger partial charge in [0.25, 0.3) is 0 Å². The molecule has 4 nitrogen and oxygen atoms in total. The van der Waals surface area contributed by atoms with E-state index in [1.807, 2.05) is 4.90 Å². The summed E-state index contributed by atoms with van der Waals surface area (Å²) in [5.41, 5.74) is 3.29. The van der Waals surface area contributed by atoms with E-state index < -0.39 is 0 Å². The van der Waals surface area contributed by atoms with E-state index in [1.54, 1.807) is 17.0 Å². The zero-order chi connectivity index (χ0) is 19.9. The van der Waals surface area contributed by atoms with Crippen molar-refractivity contribution < 1.29 is 14.0 Å². The zero-order valence-electron chi connectivity index (χ0n) is 16.4. The maximum atomic E-state index is 13.0. The number of aryl methyl sites for hydroxylation is 2. The average molecular weight is 382 g/mol. The Labute approximate surface area is 166 Å². The zero-order valence-corrected chi connectivity index (χ0v) is 16.4. The number of amides is 2. The Morgan fingerprint density at radius 2 is 1.29 bits per heavy atom. The van der Waals surface area contributed by atoms with Crippen molar-refractivity contribution in [2.45, 2.75) is 32.6 Å². The SMILES string of the molecule is CCc1ccc(CCC(=O)N2CCN(C(=O)Cc3ccc(F)cc3)CC2)cc1. The van der Waals surface area contributed by atoms with Crippen molar-refractivity contribution in [3.05, 3.63) is 71.0 Å². The van der Waals surface area contributed by atoms with Crippen LogP contribution in [0.1, 0.15) is 30.0 Å². The first-order valence-corrected chi connectivity index (χ1v) is 9.93. The molecule has 2 amide bonds. The highest BCUT2D eigenvalue weighted by molar-refractivity contribution is 5.80. The van der Waals surface area contributed by atoms with E-state index in [0.717, 1.165) is 18.4 Å². The lowest BCUT2D eigenvalue weighted by atomic mass is 10.1. The Morgan fingerprint density at radius 3 is 1.86 bits per heavy atom. The van der Waals surface area contributed by atoms with Gasteiger partial charge in [0.1, 0.15) is 5.82 Å². The third kappa shape index (κ3) is 5.41. The number of hydrogen-bond acceptors (Lipinski definition) is 2. The van der Waals surface area contributed by atoms with Gasteiger partial charge in [-0.1, -0.05) is 43.3 Å². The average Bonchev–Trinajstić information content (AvgIpc) is 2.74. The molecular weight excluding hydrogens is 355 g/mol. The van der Waals surface area contributed by atoms with Crippen molar-refractivity contribution in [2.75, 3.05) is 26.2 Å². The Kier molecular flexibility index (Phi) is 6.80. The number of halogens is 1.